The summed E-state index contributed by atoms with van der Waals surface area (Å²) in [4.78, 5) is 4.23. The highest BCUT2D eigenvalue weighted by Crippen LogP contribution is 2.14. The first-order valence-corrected chi connectivity index (χ1v) is 5.51. The fourth-order valence-corrected chi connectivity index (χ4v) is 1.93. The fourth-order valence-electron chi connectivity index (χ4n) is 1.93. The average Bonchev–Trinajstić information content (AvgIpc) is 2.68. The predicted octanol–water partition coefficient (Wildman–Crippen LogP) is 0.146. The minimum absolute atomic E-state index is 0.0621. The number of hydrogen-bond acceptors (Lipinski definition) is 5. The molecular weight excluding hydrogens is 194 g/mol. The van der Waals surface area contributed by atoms with Crippen molar-refractivity contribution in [1.29, 1.82) is 0 Å². The molecular formula is C10H17N3O2. The summed E-state index contributed by atoms with van der Waals surface area (Å²) in [6, 6.07) is 0. The molecule has 15 heavy (non-hydrogen) atoms. The van der Waals surface area contributed by atoms with Gasteiger partial charge in [-0.25, -0.2) is 0 Å². The number of piperidine rings is 1. The van der Waals surface area contributed by atoms with Gasteiger partial charge in [-0.05, 0) is 31.8 Å². The van der Waals surface area contributed by atoms with Gasteiger partial charge in [0.25, 0.3) is 0 Å². The van der Waals surface area contributed by atoms with E-state index >= 15 is 0 Å². The topological polar surface area (TPSA) is 71.2 Å². The van der Waals surface area contributed by atoms with Crippen LogP contribution in [0.25, 0.3) is 0 Å². The van der Waals surface area contributed by atoms with E-state index in [4.69, 9.17) is 9.63 Å². The van der Waals surface area contributed by atoms with Gasteiger partial charge in [0.2, 0.25) is 5.89 Å². The molecule has 0 aliphatic carbocycles. The quantitative estimate of drug-likeness (QED) is 0.741. The van der Waals surface area contributed by atoms with Crippen molar-refractivity contribution in [2.75, 3.05) is 19.7 Å². The summed E-state index contributed by atoms with van der Waals surface area (Å²) in [5.41, 5.74) is 0. The average molecular weight is 211 g/mol. The molecule has 0 spiro atoms. The first-order valence-electron chi connectivity index (χ1n) is 5.51. The zero-order valence-electron chi connectivity index (χ0n) is 8.78. The third kappa shape index (κ3) is 3.00. The highest BCUT2D eigenvalue weighted by molar-refractivity contribution is 4.89. The zero-order valence-corrected chi connectivity index (χ0v) is 8.78. The molecule has 5 heteroatoms. The van der Waals surface area contributed by atoms with Crippen molar-refractivity contribution in [2.45, 2.75) is 25.7 Å². The SMILES string of the molecule is OCCc1nc(CC2CCCNC2)no1. The summed E-state index contributed by atoms with van der Waals surface area (Å²) in [6.07, 6.45) is 3.79. The molecule has 2 N–H and O–H groups in total. The number of rotatable bonds is 4. The van der Waals surface area contributed by atoms with E-state index in [2.05, 4.69) is 15.5 Å². The Morgan fingerprint density at radius 1 is 1.53 bits per heavy atom. The minimum atomic E-state index is 0.0621. The predicted molar refractivity (Wildman–Crippen MR) is 54.4 cm³/mol. The van der Waals surface area contributed by atoms with Crippen LogP contribution in [0.2, 0.25) is 0 Å². The summed E-state index contributed by atoms with van der Waals surface area (Å²) in [5.74, 6) is 1.93. The van der Waals surface area contributed by atoms with E-state index < -0.39 is 0 Å². The molecule has 1 saturated heterocycles. The number of nitrogens with zero attached hydrogens (tertiary/aromatic N) is 2. The molecule has 1 atom stereocenters. The van der Waals surface area contributed by atoms with Gasteiger partial charge in [-0.15, -0.1) is 0 Å². The van der Waals surface area contributed by atoms with Crippen molar-refractivity contribution in [3.05, 3.63) is 11.7 Å². The highest BCUT2D eigenvalue weighted by atomic mass is 16.5. The third-order valence-corrected chi connectivity index (χ3v) is 2.71. The van der Waals surface area contributed by atoms with E-state index in [1.807, 2.05) is 0 Å². The lowest BCUT2D eigenvalue weighted by Crippen LogP contribution is -2.31. The lowest BCUT2D eigenvalue weighted by Gasteiger charge is -2.20. The Bertz CT molecular complexity index is 295. The first-order chi connectivity index (χ1) is 7.38. The van der Waals surface area contributed by atoms with Crippen LogP contribution in [0, 0.1) is 5.92 Å². The molecule has 1 aromatic rings. The second-order valence-corrected chi connectivity index (χ2v) is 3.99. The summed E-state index contributed by atoms with van der Waals surface area (Å²) in [5, 5.41) is 16.0. The maximum Gasteiger partial charge on any atom is 0.228 e. The number of aliphatic hydroxyl groups is 1. The fraction of sp³-hybridized carbons (Fsp3) is 0.800. The molecule has 0 bridgehead atoms. The van der Waals surface area contributed by atoms with Crippen molar-refractivity contribution in [1.82, 2.24) is 15.5 Å². The highest BCUT2D eigenvalue weighted by Gasteiger charge is 2.16. The molecule has 0 aromatic carbocycles. The van der Waals surface area contributed by atoms with Crippen LogP contribution in [0.3, 0.4) is 0 Å². The van der Waals surface area contributed by atoms with Crippen molar-refractivity contribution in [3.63, 3.8) is 0 Å². The smallest absolute Gasteiger partial charge is 0.228 e. The zero-order chi connectivity index (χ0) is 10.5. The van der Waals surface area contributed by atoms with Crippen molar-refractivity contribution >= 4 is 0 Å². The molecule has 1 aliphatic heterocycles. The molecule has 5 nitrogen and oxygen atoms in total. The van der Waals surface area contributed by atoms with Gasteiger partial charge in [-0.2, -0.15) is 4.98 Å². The summed E-state index contributed by atoms with van der Waals surface area (Å²) < 4.78 is 5.01. The van der Waals surface area contributed by atoms with Crippen LogP contribution in [-0.2, 0) is 12.8 Å². The third-order valence-electron chi connectivity index (χ3n) is 2.71. The van der Waals surface area contributed by atoms with E-state index in [0.29, 0.717) is 18.2 Å². The Morgan fingerprint density at radius 3 is 3.20 bits per heavy atom. The molecule has 0 saturated carbocycles. The van der Waals surface area contributed by atoms with Gasteiger partial charge in [-0.1, -0.05) is 5.16 Å². The van der Waals surface area contributed by atoms with E-state index in [0.717, 1.165) is 25.3 Å². The number of hydrogen-bond donors (Lipinski definition) is 2. The van der Waals surface area contributed by atoms with Gasteiger partial charge in [0.05, 0.1) is 13.0 Å². The van der Waals surface area contributed by atoms with Crippen LogP contribution < -0.4 is 5.32 Å². The van der Waals surface area contributed by atoms with E-state index in [9.17, 15) is 0 Å². The second-order valence-electron chi connectivity index (χ2n) is 3.99. The molecule has 1 fully saturated rings. The van der Waals surface area contributed by atoms with Crippen molar-refractivity contribution < 1.29 is 9.63 Å². The lowest BCUT2D eigenvalue weighted by atomic mass is 9.96. The maximum atomic E-state index is 8.71. The molecule has 0 radical (unpaired) electrons. The van der Waals surface area contributed by atoms with Crippen LogP contribution in [-0.4, -0.2) is 34.9 Å². The summed E-state index contributed by atoms with van der Waals surface area (Å²) >= 11 is 0. The standard InChI is InChI=1S/C10H17N3O2/c14-5-3-10-12-9(13-15-10)6-8-2-1-4-11-7-8/h8,11,14H,1-7H2. The largest absolute Gasteiger partial charge is 0.396 e. The van der Waals surface area contributed by atoms with E-state index in [1.54, 1.807) is 0 Å². The van der Waals surface area contributed by atoms with Gasteiger partial charge in [-0.3, -0.25) is 0 Å². The van der Waals surface area contributed by atoms with Gasteiger partial charge in [0, 0.05) is 6.42 Å². The molecule has 2 heterocycles. The van der Waals surface area contributed by atoms with E-state index in [-0.39, 0.29) is 6.61 Å². The van der Waals surface area contributed by atoms with Crippen molar-refractivity contribution in [3.8, 4) is 0 Å². The lowest BCUT2D eigenvalue weighted by molar-refractivity contribution is 0.273. The molecule has 0 amide bonds. The van der Waals surface area contributed by atoms with Gasteiger partial charge in [0.1, 0.15) is 0 Å². The van der Waals surface area contributed by atoms with Crippen LogP contribution in [0.15, 0.2) is 4.52 Å². The van der Waals surface area contributed by atoms with Gasteiger partial charge in [0.15, 0.2) is 5.82 Å². The van der Waals surface area contributed by atoms with Crippen LogP contribution in [0.4, 0.5) is 0 Å². The van der Waals surface area contributed by atoms with Gasteiger partial charge < -0.3 is 14.9 Å². The maximum absolute atomic E-state index is 8.71. The monoisotopic (exact) mass is 211 g/mol. The Balaban J connectivity index is 1.86. The molecule has 1 aromatic heterocycles. The van der Waals surface area contributed by atoms with Crippen LogP contribution in [0.5, 0.6) is 0 Å². The number of aliphatic hydroxyl groups excluding tert-OH is 1. The number of nitrogens with one attached hydrogen (secondary N) is 1. The van der Waals surface area contributed by atoms with Crippen LogP contribution in [0.1, 0.15) is 24.6 Å². The molecule has 1 aliphatic rings. The number of aromatic nitrogens is 2. The molecule has 1 unspecified atom stereocenters. The molecule has 2 rings (SSSR count). The minimum Gasteiger partial charge on any atom is -0.396 e. The Kier molecular flexibility index (Phi) is 3.69. The van der Waals surface area contributed by atoms with Gasteiger partial charge >= 0.3 is 0 Å². The van der Waals surface area contributed by atoms with Crippen molar-refractivity contribution in [2.24, 2.45) is 5.92 Å². The Morgan fingerprint density at radius 2 is 2.47 bits per heavy atom. The van der Waals surface area contributed by atoms with Crippen LogP contribution >= 0.6 is 0 Å². The Hall–Kier alpha value is -0.940. The Labute approximate surface area is 88.9 Å². The summed E-state index contributed by atoms with van der Waals surface area (Å²) in [6.45, 7) is 2.23. The van der Waals surface area contributed by atoms with E-state index in [1.165, 1.54) is 12.8 Å². The first kappa shape index (κ1) is 10.6. The molecule has 84 valence electrons. The normalized spacial score (nSPS) is 21.8. The second kappa shape index (κ2) is 5.23. The summed E-state index contributed by atoms with van der Waals surface area (Å²) in [7, 11) is 0.